The average molecular weight is 568 g/mol. The highest BCUT2D eigenvalue weighted by atomic mass is 32.1. The van der Waals surface area contributed by atoms with Crippen LogP contribution in [0.1, 0.15) is 62.7 Å². The molecule has 1 aromatic heterocycles. The van der Waals surface area contributed by atoms with Gasteiger partial charge >= 0.3 is 6.18 Å². The van der Waals surface area contributed by atoms with Crippen LogP contribution in [0.3, 0.4) is 0 Å². The fourth-order valence-electron chi connectivity index (χ4n) is 5.08. The summed E-state index contributed by atoms with van der Waals surface area (Å²) in [4.78, 5) is 45.4. The van der Waals surface area contributed by atoms with Crippen molar-refractivity contribution in [2.75, 3.05) is 33.7 Å². The fourth-order valence-corrected chi connectivity index (χ4v) is 6.17. The summed E-state index contributed by atoms with van der Waals surface area (Å²) < 4.78 is 38.6. The van der Waals surface area contributed by atoms with Crippen molar-refractivity contribution >= 4 is 29.1 Å². The summed E-state index contributed by atoms with van der Waals surface area (Å²) >= 11 is 1.23. The molecule has 1 saturated heterocycles. The number of thiazole rings is 1. The predicted molar refractivity (Wildman–Crippen MR) is 138 cm³/mol. The van der Waals surface area contributed by atoms with Gasteiger partial charge in [0.2, 0.25) is 5.91 Å². The van der Waals surface area contributed by atoms with Crippen LogP contribution in [0.5, 0.6) is 0 Å². The van der Waals surface area contributed by atoms with Crippen LogP contribution >= 0.6 is 11.3 Å². The maximum Gasteiger partial charge on any atom is 0.416 e. The number of hydrogen-bond acceptors (Lipinski definition) is 7. The number of nitrogens with one attached hydrogen (secondary N) is 2. The summed E-state index contributed by atoms with van der Waals surface area (Å²) in [7, 11) is 3.34. The molecule has 2 fully saturated rings. The van der Waals surface area contributed by atoms with Gasteiger partial charge in [0.1, 0.15) is 15.5 Å². The predicted octanol–water partition coefficient (Wildman–Crippen LogP) is 2.61. The number of benzene rings is 1. The number of likely N-dealkylation sites (tertiary alicyclic amines) is 1. The van der Waals surface area contributed by atoms with Gasteiger partial charge in [-0.05, 0) is 50.3 Å². The van der Waals surface area contributed by atoms with E-state index in [2.05, 4.69) is 20.5 Å². The zero-order valence-electron chi connectivity index (χ0n) is 21.8. The van der Waals surface area contributed by atoms with Gasteiger partial charge < -0.3 is 20.6 Å². The van der Waals surface area contributed by atoms with E-state index in [9.17, 15) is 32.7 Å². The Morgan fingerprint density at radius 3 is 2.59 bits per heavy atom. The van der Waals surface area contributed by atoms with Crippen molar-refractivity contribution in [3.63, 3.8) is 0 Å². The van der Waals surface area contributed by atoms with Crippen LogP contribution in [-0.2, 0) is 16.6 Å². The minimum Gasteiger partial charge on any atom is -0.383 e. The Labute approximate surface area is 228 Å². The Balaban J connectivity index is 1.22. The zero-order chi connectivity index (χ0) is 28.4. The molecule has 39 heavy (non-hydrogen) atoms. The molecule has 3 amide bonds. The van der Waals surface area contributed by atoms with Crippen LogP contribution in [0.2, 0.25) is 0 Å². The molecule has 0 radical (unpaired) electrons. The van der Waals surface area contributed by atoms with Crippen LogP contribution < -0.4 is 10.6 Å². The number of aliphatic hydroxyl groups is 1. The molecule has 1 atom stereocenters. The van der Waals surface area contributed by atoms with Gasteiger partial charge in [-0.15, -0.1) is 11.3 Å². The minimum atomic E-state index is -4.56. The number of carbonyl (C=O) groups excluding carboxylic acids is 3. The van der Waals surface area contributed by atoms with Crippen molar-refractivity contribution in [2.24, 2.45) is 0 Å². The number of carbonyl (C=O) groups is 3. The van der Waals surface area contributed by atoms with E-state index in [1.807, 2.05) is 0 Å². The molecule has 2 aliphatic rings. The molecule has 1 aliphatic heterocycles. The number of alkyl halides is 3. The van der Waals surface area contributed by atoms with Gasteiger partial charge in [0, 0.05) is 44.8 Å². The summed E-state index contributed by atoms with van der Waals surface area (Å²) in [5.74, 6) is -1.30. The maximum atomic E-state index is 12.9. The van der Waals surface area contributed by atoms with E-state index in [0.29, 0.717) is 29.3 Å². The second-order valence-corrected chi connectivity index (χ2v) is 11.3. The van der Waals surface area contributed by atoms with E-state index in [1.165, 1.54) is 28.5 Å². The van der Waals surface area contributed by atoms with Crippen LogP contribution in [0.4, 0.5) is 13.2 Å². The quantitative estimate of drug-likeness (QED) is 0.474. The lowest BCUT2D eigenvalue weighted by atomic mass is 9.82. The van der Waals surface area contributed by atoms with E-state index in [1.54, 1.807) is 14.1 Å². The van der Waals surface area contributed by atoms with Crippen molar-refractivity contribution < 1.29 is 32.7 Å². The molecule has 9 nitrogen and oxygen atoms in total. The summed E-state index contributed by atoms with van der Waals surface area (Å²) in [6.07, 6.45) is 0.238. The molecule has 2 aromatic rings. The highest BCUT2D eigenvalue weighted by Gasteiger charge is 2.40. The van der Waals surface area contributed by atoms with Gasteiger partial charge in [0.05, 0.1) is 18.3 Å². The molecule has 3 N–H and O–H groups in total. The zero-order valence-corrected chi connectivity index (χ0v) is 22.6. The Hall–Kier alpha value is -3.03. The van der Waals surface area contributed by atoms with E-state index < -0.39 is 29.2 Å². The first-order valence-corrected chi connectivity index (χ1v) is 13.6. The van der Waals surface area contributed by atoms with Gasteiger partial charge in [0.15, 0.2) is 0 Å². The van der Waals surface area contributed by atoms with E-state index in [-0.39, 0.29) is 30.1 Å². The third kappa shape index (κ3) is 6.95. The largest absolute Gasteiger partial charge is 0.416 e. The minimum absolute atomic E-state index is 0.109. The number of halogens is 3. The summed E-state index contributed by atoms with van der Waals surface area (Å²) in [6.45, 7) is 1.08. The van der Waals surface area contributed by atoms with Gasteiger partial charge in [-0.3, -0.25) is 19.3 Å². The fraction of sp³-hybridized carbons (Fsp3) is 0.538. The first-order chi connectivity index (χ1) is 18.4. The second-order valence-electron chi connectivity index (χ2n) is 10.3. The molecule has 1 saturated carbocycles. The SMILES string of the molecule is CN(C)C(=O)c1cnc(C2(O)CCC(N3CC[C@@H](NC(=O)CNC(=O)c4cccc(C(F)(F)F)c4)C3)CC2)s1. The van der Waals surface area contributed by atoms with Crippen LogP contribution in [0.15, 0.2) is 30.5 Å². The standard InChI is InChI=1S/C26H32F3N5O4S/c1-33(2)23(37)20-13-31-24(39-20)25(38)9-6-19(7-10-25)34-11-8-18(15-34)32-21(35)14-30-22(36)16-4-3-5-17(12-16)26(27,28)29/h3-5,12-13,18-19,38H,6-11,14-15H2,1-2H3,(H,30,36)(H,32,35)/t18-,19?,25?/m1/s1. The van der Waals surface area contributed by atoms with Crippen molar-refractivity contribution in [3.8, 4) is 0 Å². The number of aromatic nitrogens is 1. The monoisotopic (exact) mass is 567 g/mol. The lowest BCUT2D eigenvalue weighted by Gasteiger charge is -2.38. The summed E-state index contributed by atoms with van der Waals surface area (Å²) in [5, 5.41) is 17.0. The Morgan fingerprint density at radius 2 is 1.92 bits per heavy atom. The normalized spacial score (nSPS) is 23.8. The molecule has 4 rings (SSSR count). The Kier molecular flexibility index (Phi) is 8.62. The number of amides is 3. The molecular formula is C26H32F3N5O4S. The number of rotatable bonds is 7. The first kappa shape index (κ1) is 29.0. The highest BCUT2D eigenvalue weighted by molar-refractivity contribution is 7.13. The second kappa shape index (κ2) is 11.6. The third-order valence-corrected chi connectivity index (χ3v) is 8.44. The van der Waals surface area contributed by atoms with Gasteiger partial charge in [-0.2, -0.15) is 13.2 Å². The number of hydrogen-bond donors (Lipinski definition) is 3. The summed E-state index contributed by atoms with van der Waals surface area (Å²) in [5.41, 5.74) is -2.15. The van der Waals surface area contributed by atoms with Crippen molar-refractivity contribution in [3.05, 3.63) is 51.5 Å². The van der Waals surface area contributed by atoms with E-state index in [4.69, 9.17) is 0 Å². The van der Waals surface area contributed by atoms with Crippen molar-refractivity contribution in [2.45, 2.75) is 56.0 Å². The molecule has 2 heterocycles. The molecule has 0 bridgehead atoms. The molecule has 13 heteroatoms. The smallest absolute Gasteiger partial charge is 0.383 e. The molecule has 0 unspecified atom stereocenters. The topological polar surface area (TPSA) is 115 Å². The molecule has 1 aromatic carbocycles. The number of nitrogens with zero attached hydrogens (tertiary/aromatic N) is 3. The van der Waals surface area contributed by atoms with Gasteiger partial charge in [0.25, 0.3) is 11.8 Å². The molecular weight excluding hydrogens is 535 g/mol. The summed E-state index contributed by atoms with van der Waals surface area (Å²) in [6, 6.07) is 4.18. The molecule has 1 aliphatic carbocycles. The Bertz CT molecular complexity index is 1210. The van der Waals surface area contributed by atoms with Crippen molar-refractivity contribution in [1.82, 2.24) is 25.4 Å². The van der Waals surface area contributed by atoms with Crippen molar-refractivity contribution in [1.29, 1.82) is 0 Å². The van der Waals surface area contributed by atoms with Gasteiger partial charge in [-0.25, -0.2) is 4.98 Å². The van der Waals surface area contributed by atoms with Crippen LogP contribution in [-0.4, -0.2) is 83.4 Å². The maximum absolute atomic E-state index is 12.9. The third-order valence-electron chi connectivity index (χ3n) is 7.27. The lowest BCUT2D eigenvalue weighted by molar-refractivity contribution is -0.137. The van der Waals surface area contributed by atoms with E-state index in [0.717, 1.165) is 44.0 Å². The van der Waals surface area contributed by atoms with Crippen LogP contribution in [0.25, 0.3) is 0 Å². The first-order valence-electron chi connectivity index (χ1n) is 12.7. The van der Waals surface area contributed by atoms with E-state index >= 15 is 0 Å². The molecule has 212 valence electrons. The Morgan fingerprint density at radius 1 is 1.21 bits per heavy atom. The molecule has 0 spiro atoms. The van der Waals surface area contributed by atoms with Crippen LogP contribution in [0, 0.1) is 0 Å². The van der Waals surface area contributed by atoms with Gasteiger partial charge in [-0.1, -0.05) is 6.07 Å². The highest BCUT2D eigenvalue weighted by Crippen LogP contribution is 2.41. The lowest BCUT2D eigenvalue weighted by Crippen LogP contribution is -2.45. The average Bonchev–Trinajstić information content (AvgIpc) is 3.57.